The quantitative estimate of drug-likeness (QED) is 0.831. The van der Waals surface area contributed by atoms with Crippen LogP contribution < -0.4 is 10.6 Å². The lowest BCUT2D eigenvalue weighted by Gasteiger charge is -2.05. The Balaban J connectivity index is 2.38. The fourth-order valence-electron chi connectivity index (χ4n) is 2.13. The van der Waals surface area contributed by atoms with E-state index in [1.807, 2.05) is 0 Å². The fourth-order valence-corrected chi connectivity index (χ4v) is 3.06. The zero-order valence-electron chi connectivity index (χ0n) is 12.5. The molecule has 22 heavy (non-hydrogen) atoms. The highest BCUT2D eigenvalue weighted by atomic mass is 32.2. The third-order valence-electron chi connectivity index (χ3n) is 3.30. The lowest BCUT2D eigenvalue weighted by molar-refractivity contribution is -0.119. The second kappa shape index (κ2) is 5.80. The van der Waals surface area contributed by atoms with Crippen molar-refractivity contribution >= 4 is 32.6 Å². The molecule has 7 nitrogen and oxygen atoms in total. The smallest absolute Gasteiger partial charge is 0.251 e. The number of nitrogens with one attached hydrogen (secondary N) is 2. The Morgan fingerprint density at radius 1 is 1.27 bits per heavy atom. The van der Waals surface area contributed by atoms with Gasteiger partial charge in [0.2, 0.25) is 5.91 Å². The van der Waals surface area contributed by atoms with Crippen LogP contribution in [-0.4, -0.2) is 44.6 Å². The minimum Gasteiger partial charge on any atom is -0.358 e. The van der Waals surface area contributed by atoms with Crippen LogP contribution in [0.1, 0.15) is 10.4 Å². The molecular weight excluding hydrogens is 306 g/mol. The maximum atomic E-state index is 12.0. The summed E-state index contributed by atoms with van der Waals surface area (Å²) in [5.41, 5.74) is 0.991. The number of carbonyl (C=O) groups excluding carboxylic acids is 2. The molecule has 0 saturated heterocycles. The number of carbonyl (C=O) groups is 2. The van der Waals surface area contributed by atoms with E-state index in [9.17, 15) is 18.0 Å². The SMILES string of the molecule is CNC(=O)CNC(=O)c1ccc2c(S(C)(=O)=O)cn(C)c2c1. The highest BCUT2D eigenvalue weighted by Gasteiger charge is 2.17. The number of likely N-dealkylation sites (N-methyl/N-ethyl adjacent to an activating group) is 1. The molecule has 1 heterocycles. The Hall–Kier alpha value is -2.35. The predicted molar refractivity (Wildman–Crippen MR) is 82.4 cm³/mol. The van der Waals surface area contributed by atoms with Gasteiger partial charge < -0.3 is 15.2 Å². The molecule has 0 aliphatic carbocycles. The number of rotatable bonds is 4. The maximum Gasteiger partial charge on any atom is 0.251 e. The van der Waals surface area contributed by atoms with Crippen molar-refractivity contribution < 1.29 is 18.0 Å². The molecule has 2 aromatic rings. The minimum atomic E-state index is -3.34. The summed E-state index contributed by atoms with van der Waals surface area (Å²) in [5.74, 6) is -0.694. The van der Waals surface area contributed by atoms with Crippen molar-refractivity contribution in [2.24, 2.45) is 7.05 Å². The van der Waals surface area contributed by atoms with Crippen molar-refractivity contribution in [1.29, 1.82) is 0 Å². The molecule has 1 aromatic carbocycles. The number of fused-ring (bicyclic) bond motifs is 1. The van der Waals surface area contributed by atoms with Gasteiger partial charge in [-0.15, -0.1) is 0 Å². The number of aryl methyl sites for hydroxylation is 1. The average molecular weight is 323 g/mol. The summed E-state index contributed by atoms with van der Waals surface area (Å²) in [6.45, 7) is -0.116. The summed E-state index contributed by atoms with van der Waals surface area (Å²) in [6, 6.07) is 4.74. The van der Waals surface area contributed by atoms with Crippen LogP contribution in [0, 0.1) is 0 Å². The third kappa shape index (κ3) is 3.11. The molecule has 2 N–H and O–H groups in total. The van der Waals surface area contributed by atoms with Crippen molar-refractivity contribution in [2.75, 3.05) is 19.8 Å². The van der Waals surface area contributed by atoms with E-state index in [0.717, 1.165) is 6.26 Å². The molecule has 1 aromatic heterocycles. The number of hydrogen-bond acceptors (Lipinski definition) is 4. The molecule has 0 spiro atoms. The van der Waals surface area contributed by atoms with Crippen LogP contribution in [0.25, 0.3) is 10.9 Å². The van der Waals surface area contributed by atoms with Crippen LogP contribution >= 0.6 is 0 Å². The maximum absolute atomic E-state index is 12.0. The molecule has 8 heteroatoms. The van der Waals surface area contributed by atoms with Gasteiger partial charge in [-0.25, -0.2) is 8.42 Å². The highest BCUT2D eigenvalue weighted by Crippen LogP contribution is 2.25. The lowest BCUT2D eigenvalue weighted by Crippen LogP contribution is -2.35. The fraction of sp³-hybridized carbons (Fsp3) is 0.286. The molecule has 0 fully saturated rings. The van der Waals surface area contributed by atoms with Gasteiger partial charge in [0.15, 0.2) is 9.84 Å². The van der Waals surface area contributed by atoms with Gasteiger partial charge in [0.25, 0.3) is 5.91 Å². The van der Waals surface area contributed by atoms with E-state index in [1.165, 1.54) is 19.3 Å². The Bertz CT molecular complexity index is 852. The third-order valence-corrected chi connectivity index (χ3v) is 4.43. The first kappa shape index (κ1) is 16.0. The van der Waals surface area contributed by atoms with Gasteiger partial charge in [-0.3, -0.25) is 9.59 Å². The second-order valence-electron chi connectivity index (χ2n) is 4.96. The molecular formula is C14H17N3O4S. The first-order valence-corrected chi connectivity index (χ1v) is 8.41. The van der Waals surface area contributed by atoms with Crippen LogP contribution in [0.3, 0.4) is 0 Å². The highest BCUT2D eigenvalue weighted by molar-refractivity contribution is 7.91. The first-order chi connectivity index (χ1) is 10.2. The van der Waals surface area contributed by atoms with Gasteiger partial charge in [0, 0.05) is 43.0 Å². The summed E-state index contributed by atoms with van der Waals surface area (Å²) in [6.07, 6.45) is 2.66. The molecule has 0 aliphatic rings. The average Bonchev–Trinajstić information content (AvgIpc) is 2.81. The topological polar surface area (TPSA) is 97.3 Å². The molecule has 0 atom stereocenters. The second-order valence-corrected chi connectivity index (χ2v) is 6.95. The molecule has 2 amide bonds. The van der Waals surface area contributed by atoms with Crippen LogP contribution in [0.2, 0.25) is 0 Å². The van der Waals surface area contributed by atoms with E-state index in [-0.39, 0.29) is 17.3 Å². The van der Waals surface area contributed by atoms with Gasteiger partial charge in [-0.05, 0) is 12.1 Å². The van der Waals surface area contributed by atoms with Gasteiger partial charge in [0.1, 0.15) is 0 Å². The van der Waals surface area contributed by atoms with Gasteiger partial charge >= 0.3 is 0 Å². The van der Waals surface area contributed by atoms with Crippen molar-refractivity contribution in [2.45, 2.75) is 4.90 Å². The molecule has 0 bridgehead atoms. The molecule has 0 radical (unpaired) electrons. The number of hydrogen-bond donors (Lipinski definition) is 2. The van der Waals surface area contributed by atoms with E-state index in [4.69, 9.17) is 0 Å². The van der Waals surface area contributed by atoms with Crippen molar-refractivity contribution in [1.82, 2.24) is 15.2 Å². The van der Waals surface area contributed by atoms with Crippen molar-refractivity contribution in [3.8, 4) is 0 Å². The Labute approximate surface area is 128 Å². The number of nitrogens with zero attached hydrogens (tertiary/aromatic N) is 1. The van der Waals surface area contributed by atoms with Crippen molar-refractivity contribution in [3.05, 3.63) is 30.0 Å². The molecule has 118 valence electrons. The molecule has 2 rings (SSSR count). The zero-order valence-corrected chi connectivity index (χ0v) is 13.3. The normalized spacial score (nSPS) is 11.4. The summed E-state index contributed by atoms with van der Waals surface area (Å²) in [7, 11) is -0.146. The number of sulfone groups is 1. The zero-order chi connectivity index (χ0) is 16.5. The van der Waals surface area contributed by atoms with E-state index >= 15 is 0 Å². The standard InChI is InChI=1S/C14H17N3O4S/c1-15-13(18)7-16-14(19)9-4-5-10-11(6-9)17(2)8-12(10)22(3,20)21/h4-6,8H,7H2,1-3H3,(H,15,18)(H,16,19). The Morgan fingerprint density at radius 3 is 2.55 bits per heavy atom. The van der Waals surface area contributed by atoms with E-state index in [2.05, 4.69) is 10.6 Å². The molecule has 0 saturated carbocycles. The van der Waals surface area contributed by atoms with Crippen LogP contribution in [-0.2, 0) is 21.7 Å². The van der Waals surface area contributed by atoms with E-state index < -0.39 is 15.7 Å². The van der Waals surface area contributed by atoms with Gasteiger partial charge in [0.05, 0.1) is 11.4 Å². The number of amides is 2. The largest absolute Gasteiger partial charge is 0.358 e. The molecule has 0 unspecified atom stereocenters. The monoisotopic (exact) mass is 323 g/mol. The lowest BCUT2D eigenvalue weighted by atomic mass is 10.1. The summed E-state index contributed by atoms with van der Waals surface area (Å²) in [5, 5.41) is 5.46. The number of aromatic nitrogens is 1. The van der Waals surface area contributed by atoms with Gasteiger partial charge in [-0.2, -0.15) is 0 Å². The van der Waals surface area contributed by atoms with Crippen molar-refractivity contribution in [3.63, 3.8) is 0 Å². The summed E-state index contributed by atoms with van der Waals surface area (Å²) in [4.78, 5) is 23.4. The van der Waals surface area contributed by atoms with E-state index in [0.29, 0.717) is 16.5 Å². The predicted octanol–water partition coefficient (Wildman–Crippen LogP) is 0.0576. The van der Waals surface area contributed by atoms with Crippen LogP contribution in [0.5, 0.6) is 0 Å². The van der Waals surface area contributed by atoms with E-state index in [1.54, 1.807) is 23.7 Å². The minimum absolute atomic E-state index is 0.116. The summed E-state index contributed by atoms with van der Waals surface area (Å²) < 4.78 is 25.2. The first-order valence-electron chi connectivity index (χ1n) is 6.52. The Morgan fingerprint density at radius 2 is 1.95 bits per heavy atom. The number of benzene rings is 1. The van der Waals surface area contributed by atoms with Gasteiger partial charge in [-0.1, -0.05) is 6.07 Å². The van der Waals surface area contributed by atoms with Crippen LogP contribution in [0.4, 0.5) is 0 Å². The Kier molecular flexibility index (Phi) is 4.23. The summed E-state index contributed by atoms with van der Waals surface area (Å²) >= 11 is 0. The molecule has 0 aliphatic heterocycles. The van der Waals surface area contributed by atoms with Crippen LogP contribution in [0.15, 0.2) is 29.3 Å².